The highest BCUT2D eigenvalue weighted by Crippen LogP contribution is 2.30. The number of likely N-dealkylation sites (tertiary alicyclic amines) is 1. The van der Waals surface area contributed by atoms with Crippen LogP contribution in [0.15, 0.2) is 17.0 Å². The van der Waals surface area contributed by atoms with Gasteiger partial charge in [0.2, 0.25) is 0 Å². The van der Waals surface area contributed by atoms with E-state index in [4.69, 9.17) is 9.47 Å². The van der Waals surface area contributed by atoms with Crippen LogP contribution in [0.5, 0.6) is 0 Å². The van der Waals surface area contributed by atoms with Gasteiger partial charge < -0.3 is 9.47 Å². The van der Waals surface area contributed by atoms with E-state index in [1.807, 2.05) is 6.92 Å². The summed E-state index contributed by atoms with van der Waals surface area (Å²) in [5.41, 5.74) is 1.42. The fraction of sp³-hybridized carbons (Fsp3) is 0.611. The molecule has 0 spiro atoms. The van der Waals surface area contributed by atoms with Crippen LogP contribution in [0.3, 0.4) is 0 Å². The zero-order valence-electron chi connectivity index (χ0n) is 15.1. The first-order valence-electron chi connectivity index (χ1n) is 8.72. The van der Waals surface area contributed by atoms with Crippen molar-refractivity contribution >= 4 is 23.3 Å². The Morgan fingerprint density at radius 2 is 1.96 bits per heavy atom. The maximum absolute atomic E-state index is 11.7. The molecule has 1 aliphatic rings. The molecule has 25 heavy (non-hydrogen) atoms. The average Bonchev–Trinajstić information content (AvgIpc) is 3.06. The Morgan fingerprint density at radius 1 is 1.28 bits per heavy atom. The maximum Gasteiger partial charge on any atom is 0.357 e. The van der Waals surface area contributed by atoms with E-state index >= 15 is 0 Å². The SMILES string of the molecule is CCOC(=O)C=C(C)CN1CCC(c2nc(C(=O)OCC)cs2)CC1. The molecule has 0 bridgehead atoms. The maximum atomic E-state index is 11.7. The Morgan fingerprint density at radius 3 is 2.60 bits per heavy atom. The van der Waals surface area contributed by atoms with Gasteiger partial charge in [-0.25, -0.2) is 14.6 Å². The number of carbonyl (C=O) groups excluding carboxylic acids is 2. The second-order valence-electron chi connectivity index (χ2n) is 6.08. The molecule has 0 amide bonds. The molecule has 6 nitrogen and oxygen atoms in total. The molecule has 2 rings (SSSR count). The number of hydrogen-bond acceptors (Lipinski definition) is 7. The van der Waals surface area contributed by atoms with Gasteiger partial charge in [-0.15, -0.1) is 11.3 Å². The van der Waals surface area contributed by atoms with Crippen molar-refractivity contribution in [1.29, 1.82) is 0 Å². The van der Waals surface area contributed by atoms with Crippen molar-refractivity contribution in [3.05, 3.63) is 27.7 Å². The zero-order chi connectivity index (χ0) is 18.2. The molecule has 1 aromatic rings. The lowest BCUT2D eigenvalue weighted by Gasteiger charge is -2.31. The van der Waals surface area contributed by atoms with E-state index in [1.165, 1.54) is 11.3 Å². The number of carbonyl (C=O) groups is 2. The molecule has 7 heteroatoms. The summed E-state index contributed by atoms with van der Waals surface area (Å²) in [5.74, 6) is -0.231. The molecule has 0 unspecified atom stereocenters. The van der Waals surface area contributed by atoms with E-state index in [0.29, 0.717) is 24.8 Å². The summed E-state index contributed by atoms with van der Waals surface area (Å²) in [6, 6.07) is 0. The predicted octanol–water partition coefficient (Wildman–Crippen LogP) is 3.01. The fourth-order valence-electron chi connectivity index (χ4n) is 2.90. The number of piperidine rings is 1. The smallest absolute Gasteiger partial charge is 0.357 e. The highest BCUT2D eigenvalue weighted by molar-refractivity contribution is 7.09. The fourth-order valence-corrected chi connectivity index (χ4v) is 3.86. The summed E-state index contributed by atoms with van der Waals surface area (Å²) in [7, 11) is 0. The van der Waals surface area contributed by atoms with Crippen LogP contribution in [0.2, 0.25) is 0 Å². The summed E-state index contributed by atoms with van der Waals surface area (Å²) < 4.78 is 9.93. The van der Waals surface area contributed by atoms with Crippen LogP contribution in [0, 0.1) is 0 Å². The van der Waals surface area contributed by atoms with Gasteiger partial charge in [0.25, 0.3) is 0 Å². The molecule has 0 atom stereocenters. The van der Waals surface area contributed by atoms with Crippen LogP contribution in [-0.4, -0.2) is 54.7 Å². The third-order valence-electron chi connectivity index (χ3n) is 4.07. The van der Waals surface area contributed by atoms with E-state index < -0.39 is 0 Å². The lowest BCUT2D eigenvalue weighted by atomic mass is 9.97. The summed E-state index contributed by atoms with van der Waals surface area (Å²) in [4.78, 5) is 30.0. The molecule has 0 aromatic carbocycles. The van der Waals surface area contributed by atoms with Gasteiger partial charge in [-0.2, -0.15) is 0 Å². The number of thiazole rings is 1. The lowest BCUT2D eigenvalue weighted by molar-refractivity contribution is -0.137. The van der Waals surface area contributed by atoms with Crippen molar-refractivity contribution in [3.8, 4) is 0 Å². The van der Waals surface area contributed by atoms with Gasteiger partial charge in [0, 0.05) is 23.9 Å². The minimum atomic E-state index is -0.345. The van der Waals surface area contributed by atoms with E-state index in [-0.39, 0.29) is 11.9 Å². The lowest BCUT2D eigenvalue weighted by Crippen LogP contribution is -2.34. The number of hydrogen-bond donors (Lipinski definition) is 0. The molecule has 0 saturated carbocycles. The second-order valence-corrected chi connectivity index (χ2v) is 6.97. The third-order valence-corrected chi connectivity index (χ3v) is 5.07. The molecule has 0 aliphatic carbocycles. The van der Waals surface area contributed by atoms with Gasteiger partial charge in [-0.1, -0.05) is 5.57 Å². The minimum Gasteiger partial charge on any atom is -0.463 e. The van der Waals surface area contributed by atoms with Crippen molar-refractivity contribution in [1.82, 2.24) is 9.88 Å². The molecular formula is C18H26N2O4S. The first kappa shape index (κ1) is 19.6. The molecule has 1 saturated heterocycles. The first-order chi connectivity index (χ1) is 12.0. The quantitative estimate of drug-likeness (QED) is 0.546. The van der Waals surface area contributed by atoms with Crippen LogP contribution in [0.1, 0.15) is 55.0 Å². The van der Waals surface area contributed by atoms with Crippen LogP contribution in [0.25, 0.3) is 0 Å². The standard InChI is InChI=1S/C18H26N2O4S/c1-4-23-16(21)10-13(3)11-20-8-6-14(7-9-20)17-19-15(12-25-17)18(22)24-5-2/h10,12,14H,4-9,11H2,1-3H3. The normalized spacial score (nSPS) is 16.7. The van der Waals surface area contributed by atoms with Crippen LogP contribution < -0.4 is 0 Å². The van der Waals surface area contributed by atoms with Gasteiger partial charge >= 0.3 is 11.9 Å². The van der Waals surface area contributed by atoms with Crippen LogP contribution in [0.4, 0.5) is 0 Å². The monoisotopic (exact) mass is 366 g/mol. The number of esters is 2. The molecule has 2 heterocycles. The van der Waals surface area contributed by atoms with E-state index in [1.54, 1.807) is 25.3 Å². The van der Waals surface area contributed by atoms with Crippen molar-refractivity contribution in [2.45, 2.75) is 39.5 Å². The number of ether oxygens (including phenoxy) is 2. The van der Waals surface area contributed by atoms with Crippen molar-refractivity contribution in [3.63, 3.8) is 0 Å². The summed E-state index contributed by atoms with van der Waals surface area (Å²) in [6.45, 7) is 8.99. The molecule has 1 fully saturated rings. The van der Waals surface area contributed by atoms with Gasteiger partial charge in [0.05, 0.1) is 18.2 Å². The Bertz CT molecular complexity index is 618. The van der Waals surface area contributed by atoms with Crippen molar-refractivity contribution in [2.75, 3.05) is 32.8 Å². The summed E-state index contributed by atoms with van der Waals surface area (Å²) in [5, 5.41) is 2.80. The Kier molecular flexibility index (Phi) is 7.58. The number of aromatic nitrogens is 1. The summed E-state index contributed by atoms with van der Waals surface area (Å²) in [6.07, 6.45) is 3.58. The Balaban J connectivity index is 1.83. The van der Waals surface area contributed by atoms with Gasteiger partial charge in [0.15, 0.2) is 5.69 Å². The average molecular weight is 366 g/mol. The Labute approximate surface area is 152 Å². The minimum absolute atomic E-state index is 0.274. The van der Waals surface area contributed by atoms with Gasteiger partial charge in [0.1, 0.15) is 0 Å². The first-order valence-corrected chi connectivity index (χ1v) is 9.60. The van der Waals surface area contributed by atoms with Crippen molar-refractivity contribution in [2.24, 2.45) is 0 Å². The second kappa shape index (κ2) is 9.68. The highest BCUT2D eigenvalue weighted by Gasteiger charge is 2.24. The number of rotatable bonds is 7. The van der Waals surface area contributed by atoms with Gasteiger partial charge in [-0.05, 0) is 46.7 Å². The predicted molar refractivity (Wildman–Crippen MR) is 96.9 cm³/mol. The molecule has 138 valence electrons. The van der Waals surface area contributed by atoms with E-state index in [9.17, 15) is 9.59 Å². The summed E-state index contributed by atoms with van der Waals surface area (Å²) >= 11 is 1.54. The molecule has 0 N–H and O–H groups in total. The highest BCUT2D eigenvalue weighted by atomic mass is 32.1. The largest absolute Gasteiger partial charge is 0.463 e. The zero-order valence-corrected chi connectivity index (χ0v) is 15.9. The van der Waals surface area contributed by atoms with E-state index in [0.717, 1.165) is 43.1 Å². The molecule has 1 aromatic heterocycles. The van der Waals surface area contributed by atoms with E-state index in [2.05, 4.69) is 9.88 Å². The third kappa shape index (κ3) is 5.93. The van der Waals surface area contributed by atoms with Gasteiger partial charge in [-0.3, -0.25) is 4.90 Å². The molecule has 0 radical (unpaired) electrons. The number of nitrogens with zero attached hydrogens (tertiary/aromatic N) is 2. The Hall–Kier alpha value is -1.73. The van der Waals surface area contributed by atoms with Crippen LogP contribution in [-0.2, 0) is 14.3 Å². The molecular weight excluding hydrogens is 340 g/mol. The topological polar surface area (TPSA) is 68.7 Å². The van der Waals surface area contributed by atoms with Crippen molar-refractivity contribution < 1.29 is 19.1 Å². The van der Waals surface area contributed by atoms with Crippen LogP contribution >= 0.6 is 11.3 Å². The molecule has 1 aliphatic heterocycles.